The average Bonchev–Trinajstić information content (AvgIpc) is 2.40. The first-order valence-electron chi connectivity index (χ1n) is 7.40. The Bertz CT molecular complexity index is 306. The molecule has 3 heteroatoms. The highest BCUT2D eigenvalue weighted by atomic mass is 16.1. The normalized spacial score (nSPS) is 25.8. The minimum atomic E-state index is 0.205. The monoisotopic (exact) mass is 250 g/mol. The van der Waals surface area contributed by atoms with Crippen LogP contribution in [-0.4, -0.2) is 31.5 Å². The van der Waals surface area contributed by atoms with Crippen molar-refractivity contribution in [2.24, 2.45) is 5.92 Å². The van der Waals surface area contributed by atoms with Crippen LogP contribution in [0.5, 0.6) is 0 Å². The van der Waals surface area contributed by atoms with Crippen molar-refractivity contribution < 1.29 is 4.79 Å². The molecule has 1 aliphatic heterocycles. The van der Waals surface area contributed by atoms with Gasteiger partial charge in [0, 0.05) is 24.7 Å². The SMILES string of the molecule is CC(=O)C1=CCC(CNCC2CCCCC2)NC1. The van der Waals surface area contributed by atoms with E-state index in [0.29, 0.717) is 6.04 Å². The van der Waals surface area contributed by atoms with Crippen LogP contribution in [0.2, 0.25) is 0 Å². The molecule has 1 fully saturated rings. The Balaban J connectivity index is 1.61. The zero-order chi connectivity index (χ0) is 12.8. The highest BCUT2D eigenvalue weighted by Gasteiger charge is 2.17. The second-order valence-electron chi connectivity index (χ2n) is 5.76. The number of carbonyl (C=O) groups is 1. The molecule has 1 atom stereocenters. The standard InChI is InChI=1S/C15H26N2O/c1-12(18)14-7-8-15(17-10-14)11-16-9-13-5-3-2-4-6-13/h7,13,15-17H,2-6,8-11H2,1H3. The maximum Gasteiger partial charge on any atom is 0.156 e. The molecule has 0 bridgehead atoms. The van der Waals surface area contributed by atoms with Crippen molar-refractivity contribution in [3.05, 3.63) is 11.6 Å². The lowest BCUT2D eigenvalue weighted by molar-refractivity contribution is -0.113. The first-order chi connectivity index (χ1) is 8.75. The summed E-state index contributed by atoms with van der Waals surface area (Å²) in [5.74, 6) is 1.10. The number of hydrogen-bond donors (Lipinski definition) is 2. The van der Waals surface area contributed by atoms with Gasteiger partial charge in [0.25, 0.3) is 0 Å². The van der Waals surface area contributed by atoms with Crippen molar-refractivity contribution in [1.82, 2.24) is 10.6 Å². The zero-order valence-corrected chi connectivity index (χ0v) is 11.5. The van der Waals surface area contributed by atoms with Crippen LogP contribution in [0.1, 0.15) is 45.4 Å². The molecule has 2 rings (SSSR count). The molecule has 1 aliphatic carbocycles. The van der Waals surface area contributed by atoms with Gasteiger partial charge in [-0.15, -0.1) is 0 Å². The molecule has 0 aromatic carbocycles. The lowest BCUT2D eigenvalue weighted by atomic mass is 9.89. The van der Waals surface area contributed by atoms with Gasteiger partial charge < -0.3 is 10.6 Å². The average molecular weight is 250 g/mol. The first-order valence-corrected chi connectivity index (χ1v) is 7.40. The molecule has 1 saturated carbocycles. The fourth-order valence-electron chi connectivity index (χ4n) is 2.97. The van der Waals surface area contributed by atoms with E-state index in [9.17, 15) is 4.79 Å². The van der Waals surface area contributed by atoms with Gasteiger partial charge in [-0.1, -0.05) is 25.3 Å². The number of rotatable bonds is 5. The number of nitrogens with one attached hydrogen (secondary N) is 2. The lowest BCUT2D eigenvalue weighted by Gasteiger charge is -2.26. The fraction of sp³-hybridized carbons (Fsp3) is 0.800. The van der Waals surface area contributed by atoms with E-state index < -0.39 is 0 Å². The predicted octanol–water partition coefficient (Wildman–Crippen LogP) is 2.03. The van der Waals surface area contributed by atoms with Gasteiger partial charge in [-0.25, -0.2) is 0 Å². The Morgan fingerprint density at radius 2 is 2.11 bits per heavy atom. The number of Topliss-reactive ketones (excluding diaryl/α,β-unsaturated/α-hetero) is 1. The summed E-state index contributed by atoms with van der Waals surface area (Å²) in [6.45, 7) is 4.58. The highest BCUT2D eigenvalue weighted by molar-refractivity contribution is 5.93. The van der Waals surface area contributed by atoms with Crippen LogP contribution >= 0.6 is 0 Å². The minimum Gasteiger partial charge on any atom is -0.315 e. The molecule has 2 aliphatic rings. The topological polar surface area (TPSA) is 41.1 Å². The second kappa shape index (κ2) is 7.05. The second-order valence-corrected chi connectivity index (χ2v) is 5.76. The third-order valence-electron chi connectivity index (χ3n) is 4.23. The summed E-state index contributed by atoms with van der Waals surface area (Å²) in [6, 6.07) is 0.497. The molecule has 1 unspecified atom stereocenters. The van der Waals surface area contributed by atoms with Crippen molar-refractivity contribution in [3.8, 4) is 0 Å². The third kappa shape index (κ3) is 4.21. The van der Waals surface area contributed by atoms with E-state index >= 15 is 0 Å². The van der Waals surface area contributed by atoms with Crippen molar-refractivity contribution in [3.63, 3.8) is 0 Å². The van der Waals surface area contributed by atoms with E-state index in [1.165, 1.54) is 38.6 Å². The Hall–Kier alpha value is -0.670. The molecule has 0 aromatic heterocycles. The van der Waals surface area contributed by atoms with Crippen LogP contribution in [0.4, 0.5) is 0 Å². The van der Waals surface area contributed by atoms with E-state index in [1.807, 2.05) is 0 Å². The maximum atomic E-state index is 11.2. The molecule has 1 heterocycles. The summed E-state index contributed by atoms with van der Waals surface area (Å²) in [6.07, 6.45) is 10.1. The van der Waals surface area contributed by atoms with Crippen LogP contribution in [0.3, 0.4) is 0 Å². The number of carbonyl (C=O) groups excluding carboxylic acids is 1. The van der Waals surface area contributed by atoms with Gasteiger partial charge in [0.05, 0.1) is 0 Å². The van der Waals surface area contributed by atoms with E-state index in [4.69, 9.17) is 0 Å². The molecule has 0 saturated heterocycles. The molecule has 18 heavy (non-hydrogen) atoms. The maximum absolute atomic E-state index is 11.2. The van der Waals surface area contributed by atoms with Gasteiger partial charge in [0.15, 0.2) is 5.78 Å². The molecule has 102 valence electrons. The van der Waals surface area contributed by atoms with E-state index in [0.717, 1.165) is 31.0 Å². The third-order valence-corrected chi connectivity index (χ3v) is 4.23. The van der Waals surface area contributed by atoms with E-state index in [-0.39, 0.29) is 5.78 Å². The zero-order valence-electron chi connectivity index (χ0n) is 11.5. The Kier molecular flexibility index (Phi) is 5.39. The molecule has 0 radical (unpaired) electrons. The quantitative estimate of drug-likeness (QED) is 0.784. The molecule has 2 N–H and O–H groups in total. The van der Waals surface area contributed by atoms with Crippen LogP contribution in [0.15, 0.2) is 11.6 Å². The van der Waals surface area contributed by atoms with Crippen LogP contribution in [0, 0.1) is 5.92 Å². The molecular weight excluding hydrogens is 224 g/mol. The Morgan fingerprint density at radius 1 is 1.33 bits per heavy atom. The largest absolute Gasteiger partial charge is 0.315 e. The molecular formula is C15H26N2O. The van der Waals surface area contributed by atoms with Crippen LogP contribution in [-0.2, 0) is 4.79 Å². The Labute approximate surface area is 110 Å². The van der Waals surface area contributed by atoms with Crippen molar-refractivity contribution in [2.75, 3.05) is 19.6 Å². The van der Waals surface area contributed by atoms with Crippen molar-refractivity contribution in [1.29, 1.82) is 0 Å². The Morgan fingerprint density at radius 3 is 2.72 bits per heavy atom. The van der Waals surface area contributed by atoms with Gasteiger partial charge in [-0.3, -0.25) is 4.79 Å². The first kappa shape index (κ1) is 13.8. The molecule has 3 nitrogen and oxygen atoms in total. The number of ketones is 1. The summed E-state index contributed by atoms with van der Waals surface area (Å²) in [7, 11) is 0. The van der Waals surface area contributed by atoms with Gasteiger partial charge in [-0.2, -0.15) is 0 Å². The summed E-state index contributed by atoms with van der Waals surface area (Å²) in [4.78, 5) is 11.2. The van der Waals surface area contributed by atoms with Crippen LogP contribution in [0.25, 0.3) is 0 Å². The van der Waals surface area contributed by atoms with Crippen molar-refractivity contribution in [2.45, 2.75) is 51.5 Å². The lowest BCUT2D eigenvalue weighted by Crippen LogP contribution is -2.43. The van der Waals surface area contributed by atoms with Gasteiger partial charge in [0.1, 0.15) is 0 Å². The fourth-order valence-corrected chi connectivity index (χ4v) is 2.97. The molecule has 0 aromatic rings. The predicted molar refractivity (Wildman–Crippen MR) is 74.6 cm³/mol. The summed E-state index contributed by atoms with van der Waals surface area (Å²) >= 11 is 0. The summed E-state index contributed by atoms with van der Waals surface area (Å²) < 4.78 is 0. The van der Waals surface area contributed by atoms with E-state index in [2.05, 4.69) is 16.7 Å². The van der Waals surface area contributed by atoms with E-state index in [1.54, 1.807) is 6.92 Å². The minimum absolute atomic E-state index is 0.205. The number of hydrogen-bond acceptors (Lipinski definition) is 3. The summed E-state index contributed by atoms with van der Waals surface area (Å²) in [5.41, 5.74) is 0.943. The van der Waals surface area contributed by atoms with Gasteiger partial charge >= 0.3 is 0 Å². The van der Waals surface area contributed by atoms with Gasteiger partial charge in [0.2, 0.25) is 0 Å². The molecule has 0 amide bonds. The smallest absolute Gasteiger partial charge is 0.156 e. The summed E-state index contributed by atoms with van der Waals surface area (Å²) in [5, 5.41) is 7.03. The van der Waals surface area contributed by atoms with Crippen molar-refractivity contribution >= 4 is 5.78 Å². The van der Waals surface area contributed by atoms with Crippen LogP contribution < -0.4 is 10.6 Å². The highest BCUT2D eigenvalue weighted by Crippen LogP contribution is 2.22. The molecule has 0 spiro atoms. The van der Waals surface area contributed by atoms with Gasteiger partial charge in [-0.05, 0) is 38.6 Å².